The number of rotatable bonds is 5. The summed E-state index contributed by atoms with van der Waals surface area (Å²) in [5, 5.41) is 17.3. The van der Waals surface area contributed by atoms with E-state index in [1.807, 2.05) is 10.9 Å². The molecule has 0 radical (unpaired) electrons. The van der Waals surface area contributed by atoms with E-state index in [0.29, 0.717) is 24.9 Å². The van der Waals surface area contributed by atoms with Gasteiger partial charge in [-0.15, -0.1) is 0 Å². The maximum absolute atomic E-state index is 9.00. The zero-order chi connectivity index (χ0) is 13.2. The fourth-order valence-corrected chi connectivity index (χ4v) is 2.33. The van der Waals surface area contributed by atoms with Crippen LogP contribution in [0.4, 0.5) is 5.95 Å². The number of hydrogen-bond donors (Lipinski definition) is 1. The van der Waals surface area contributed by atoms with E-state index in [1.54, 1.807) is 0 Å². The molecule has 0 spiro atoms. The number of aliphatic hydroxyl groups is 1. The lowest BCUT2D eigenvalue weighted by molar-refractivity contribution is 0.267. The van der Waals surface area contributed by atoms with Crippen molar-refractivity contribution in [2.75, 3.05) is 11.5 Å². The van der Waals surface area contributed by atoms with Crippen LogP contribution < -0.4 is 4.90 Å². The normalized spacial score (nSPS) is 14.1. The molecule has 0 saturated heterocycles. The van der Waals surface area contributed by atoms with Gasteiger partial charge in [-0.2, -0.15) is 10.1 Å². The van der Waals surface area contributed by atoms with Gasteiger partial charge in [0.05, 0.1) is 31.6 Å². The van der Waals surface area contributed by atoms with Crippen LogP contribution in [0.25, 0.3) is 0 Å². The number of nitrogens with zero attached hydrogens (tertiary/aromatic N) is 5. The molecule has 7 nitrogen and oxygen atoms in total. The third-order valence-corrected chi connectivity index (χ3v) is 3.25. The predicted molar refractivity (Wildman–Crippen MR) is 67.5 cm³/mol. The van der Waals surface area contributed by atoms with Gasteiger partial charge in [0.25, 0.3) is 5.95 Å². The van der Waals surface area contributed by atoms with Gasteiger partial charge < -0.3 is 14.5 Å². The van der Waals surface area contributed by atoms with Gasteiger partial charge in [0.15, 0.2) is 0 Å². The van der Waals surface area contributed by atoms with E-state index < -0.39 is 0 Å². The Balaban J connectivity index is 1.75. The SMILES string of the molecule is CCCc1nc(N2Cc3cnn(CCO)c3C2)no1. The molecule has 0 atom stereocenters. The van der Waals surface area contributed by atoms with Gasteiger partial charge >= 0.3 is 0 Å². The molecule has 0 amide bonds. The smallest absolute Gasteiger partial charge is 0.266 e. The summed E-state index contributed by atoms with van der Waals surface area (Å²) in [7, 11) is 0. The Kier molecular flexibility index (Phi) is 3.20. The van der Waals surface area contributed by atoms with Gasteiger partial charge in [-0.25, -0.2) is 0 Å². The summed E-state index contributed by atoms with van der Waals surface area (Å²) in [5.74, 6) is 1.32. The van der Waals surface area contributed by atoms with Crippen LogP contribution >= 0.6 is 0 Å². The van der Waals surface area contributed by atoms with Crippen molar-refractivity contribution in [3.63, 3.8) is 0 Å². The molecule has 2 aromatic rings. The number of aliphatic hydroxyl groups excluding tert-OH is 1. The summed E-state index contributed by atoms with van der Waals surface area (Å²) in [4.78, 5) is 6.45. The third-order valence-electron chi connectivity index (χ3n) is 3.25. The van der Waals surface area contributed by atoms with Crippen LogP contribution in [0.3, 0.4) is 0 Å². The minimum absolute atomic E-state index is 0.0942. The molecule has 0 bridgehead atoms. The van der Waals surface area contributed by atoms with E-state index in [-0.39, 0.29) is 6.61 Å². The molecule has 0 fully saturated rings. The van der Waals surface area contributed by atoms with Crippen molar-refractivity contribution in [1.82, 2.24) is 19.9 Å². The molecule has 1 N–H and O–H groups in total. The summed E-state index contributed by atoms with van der Waals surface area (Å²) in [6, 6.07) is 0. The highest BCUT2D eigenvalue weighted by molar-refractivity contribution is 5.39. The van der Waals surface area contributed by atoms with Crippen molar-refractivity contribution in [2.24, 2.45) is 0 Å². The second-order valence-electron chi connectivity index (χ2n) is 4.66. The second-order valence-corrected chi connectivity index (χ2v) is 4.66. The standard InChI is InChI=1S/C12H17N5O2/c1-2-3-11-14-12(15-19-11)16-7-9-6-13-17(4-5-18)10(9)8-16/h6,18H,2-5,7-8H2,1H3. The molecule has 7 heteroatoms. The summed E-state index contributed by atoms with van der Waals surface area (Å²) < 4.78 is 7.04. The molecular formula is C12H17N5O2. The minimum atomic E-state index is 0.0942. The average molecular weight is 263 g/mol. The molecule has 3 rings (SSSR count). The lowest BCUT2D eigenvalue weighted by Crippen LogP contribution is -2.18. The molecular weight excluding hydrogens is 246 g/mol. The van der Waals surface area contributed by atoms with Gasteiger partial charge in [-0.1, -0.05) is 6.92 Å². The Labute approximate surface area is 110 Å². The number of fused-ring (bicyclic) bond motifs is 1. The minimum Gasteiger partial charge on any atom is -0.394 e. The molecule has 1 aliphatic rings. The van der Waals surface area contributed by atoms with Crippen LogP contribution in [0, 0.1) is 0 Å². The van der Waals surface area contributed by atoms with Crippen LogP contribution in [-0.4, -0.2) is 31.6 Å². The summed E-state index contributed by atoms with van der Waals surface area (Å²) >= 11 is 0. The van der Waals surface area contributed by atoms with Gasteiger partial charge in [0.1, 0.15) is 0 Å². The van der Waals surface area contributed by atoms with Crippen LogP contribution in [0.5, 0.6) is 0 Å². The molecule has 0 aromatic carbocycles. The summed E-state index contributed by atoms with van der Waals surface area (Å²) in [6.07, 6.45) is 3.65. The van der Waals surface area contributed by atoms with E-state index in [2.05, 4.69) is 27.1 Å². The largest absolute Gasteiger partial charge is 0.394 e. The van der Waals surface area contributed by atoms with Crippen molar-refractivity contribution < 1.29 is 9.63 Å². The van der Waals surface area contributed by atoms with Gasteiger partial charge in [0, 0.05) is 18.5 Å². The monoisotopic (exact) mass is 263 g/mol. The molecule has 1 aliphatic heterocycles. The summed E-state index contributed by atoms with van der Waals surface area (Å²) in [6.45, 7) is 4.15. The van der Waals surface area contributed by atoms with Crippen LogP contribution in [0.15, 0.2) is 10.7 Å². The topological polar surface area (TPSA) is 80.2 Å². The fraction of sp³-hybridized carbons (Fsp3) is 0.583. The molecule has 0 unspecified atom stereocenters. The fourth-order valence-electron chi connectivity index (χ4n) is 2.33. The first-order valence-electron chi connectivity index (χ1n) is 6.53. The van der Waals surface area contributed by atoms with E-state index in [0.717, 1.165) is 30.6 Å². The average Bonchev–Trinajstić information content (AvgIpc) is 3.06. The first-order valence-corrected chi connectivity index (χ1v) is 6.53. The van der Waals surface area contributed by atoms with Crippen molar-refractivity contribution in [3.05, 3.63) is 23.3 Å². The van der Waals surface area contributed by atoms with Crippen LogP contribution in [0.2, 0.25) is 0 Å². The quantitative estimate of drug-likeness (QED) is 0.856. The van der Waals surface area contributed by atoms with E-state index in [1.165, 1.54) is 0 Å². The lowest BCUT2D eigenvalue weighted by atomic mass is 10.3. The van der Waals surface area contributed by atoms with Gasteiger partial charge in [-0.3, -0.25) is 4.68 Å². The van der Waals surface area contributed by atoms with Gasteiger partial charge in [0.2, 0.25) is 5.89 Å². The Morgan fingerprint density at radius 3 is 3.11 bits per heavy atom. The second kappa shape index (κ2) is 5.00. The Hall–Kier alpha value is -1.89. The zero-order valence-electron chi connectivity index (χ0n) is 10.9. The van der Waals surface area contributed by atoms with Crippen molar-refractivity contribution in [2.45, 2.75) is 39.4 Å². The highest BCUT2D eigenvalue weighted by Crippen LogP contribution is 2.26. The van der Waals surface area contributed by atoms with E-state index >= 15 is 0 Å². The Morgan fingerprint density at radius 2 is 2.32 bits per heavy atom. The first kappa shape index (κ1) is 12.2. The van der Waals surface area contributed by atoms with Crippen LogP contribution in [0.1, 0.15) is 30.5 Å². The summed E-state index contributed by atoms with van der Waals surface area (Å²) in [5.41, 5.74) is 2.28. The van der Waals surface area contributed by atoms with Crippen LogP contribution in [-0.2, 0) is 26.1 Å². The number of anilines is 1. The molecule has 19 heavy (non-hydrogen) atoms. The maximum Gasteiger partial charge on any atom is 0.266 e. The lowest BCUT2D eigenvalue weighted by Gasteiger charge is -2.12. The Bertz CT molecular complexity index is 562. The number of aromatic nitrogens is 4. The highest BCUT2D eigenvalue weighted by Gasteiger charge is 2.26. The molecule has 3 heterocycles. The Morgan fingerprint density at radius 1 is 1.42 bits per heavy atom. The number of aryl methyl sites for hydroxylation is 1. The number of hydrogen-bond acceptors (Lipinski definition) is 6. The van der Waals surface area contributed by atoms with E-state index in [9.17, 15) is 0 Å². The molecule has 2 aromatic heterocycles. The van der Waals surface area contributed by atoms with Crippen molar-refractivity contribution in [3.8, 4) is 0 Å². The van der Waals surface area contributed by atoms with E-state index in [4.69, 9.17) is 9.63 Å². The molecule has 0 saturated carbocycles. The molecule has 0 aliphatic carbocycles. The van der Waals surface area contributed by atoms with Crippen molar-refractivity contribution in [1.29, 1.82) is 0 Å². The predicted octanol–water partition coefficient (Wildman–Crippen LogP) is 0.731. The van der Waals surface area contributed by atoms with Gasteiger partial charge in [-0.05, 0) is 11.6 Å². The van der Waals surface area contributed by atoms with Crippen molar-refractivity contribution >= 4 is 5.95 Å². The highest BCUT2D eigenvalue weighted by atomic mass is 16.5. The first-order chi connectivity index (χ1) is 9.31. The zero-order valence-corrected chi connectivity index (χ0v) is 10.9. The molecule has 102 valence electrons. The third kappa shape index (κ3) is 2.21. The maximum atomic E-state index is 9.00.